The first-order valence-electron chi connectivity index (χ1n) is 6.32. The maximum Gasteiger partial charge on any atom is 0.223 e. The summed E-state index contributed by atoms with van der Waals surface area (Å²) >= 11 is 5.86. The number of anilines is 2. The van der Waals surface area contributed by atoms with E-state index in [9.17, 15) is 0 Å². The zero-order valence-electron chi connectivity index (χ0n) is 12.1. The molecule has 0 bridgehead atoms. The second kappa shape index (κ2) is 6.49. The third-order valence-corrected chi connectivity index (χ3v) is 3.18. The molecule has 1 heterocycles. The molecule has 0 aliphatic heterocycles. The van der Waals surface area contributed by atoms with E-state index in [-0.39, 0.29) is 12.0 Å². The number of nitrogens with two attached hydrogens (primary N) is 1. The Kier molecular flexibility index (Phi) is 4.70. The lowest BCUT2D eigenvalue weighted by Crippen LogP contribution is -2.09. The van der Waals surface area contributed by atoms with Gasteiger partial charge in [-0.2, -0.15) is 4.98 Å². The molecule has 0 saturated heterocycles. The summed E-state index contributed by atoms with van der Waals surface area (Å²) in [4.78, 5) is 7.91. The monoisotopic (exact) mass is 308 g/mol. The van der Waals surface area contributed by atoms with Gasteiger partial charge in [0.1, 0.15) is 11.0 Å². The van der Waals surface area contributed by atoms with Gasteiger partial charge in [0.05, 0.1) is 20.3 Å². The normalized spacial score (nSPS) is 11.8. The number of hydrogen-bond acceptors (Lipinski definition) is 6. The van der Waals surface area contributed by atoms with Crippen molar-refractivity contribution in [3.63, 3.8) is 0 Å². The van der Waals surface area contributed by atoms with E-state index < -0.39 is 0 Å². The van der Waals surface area contributed by atoms with Gasteiger partial charge in [0.2, 0.25) is 5.95 Å². The summed E-state index contributed by atoms with van der Waals surface area (Å²) in [5.74, 6) is 2.05. The number of benzene rings is 1. The Hall–Kier alpha value is -2.21. The molecule has 0 saturated carbocycles. The van der Waals surface area contributed by atoms with Gasteiger partial charge in [0.25, 0.3) is 0 Å². The third-order valence-electron chi connectivity index (χ3n) is 2.98. The minimum Gasteiger partial charge on any atom is -0.493 e. The van der Waals surface area contributed by atoms with Gasteiger partial charge in [-0.25, -0.2) is 4.98 Å². The number of aromatic nitrogens is 2. The summed E-state index contributed by atoms with van der Waals surface area (Å²) in [6.07, 6.45) is 0. The Labute approximate surface area is 128 Å². The van der Waals surface area contributed by atoms with Crippen LogP contribution < -0.4 is 20.5 Å². The summed E-state index contributed by atoms with van der Waals surface area (Å²) in [7, 11) is 3.20. The molecule has 0 unspecified atom stereocenters. The zero-order chi connectivity index (χ0) is 15.4. The van der Waals surface area contributed by atoms with Crippen LogP contribution in [0, 0.1) is 0 Å². The van der Waals surface area contributed by atoms with E-state index >= 15 is 0 Å². The number of nitrogens with zero attached hydrogens (tertiary/aromatic N) is 2. The predicted molar refractivity (Wildman–Crippen MR) is 83.0 cm³/mol. The van der Waals surface area contributed by atoms with Crippen LogP contribution in [0.15, 0.2) is 24.3 Å². The van der Waals surface area contributed by atoms with Gasteiger partial charge < -0.3 is 20.5 Å². The highest BCUT2D eigenvalue weighted by atomic mass is 35.5. The molecule has 1 atom stereocenters. The second-order valence-electron chi connectivity index (χ2n) is 4.41. The Balaban J connectivity index is 2.21. The van der Waals surface area contributed by atoms with Gasteiger partial charge in [-0.05, 0) is 24.6 Å². The topological polar surface area (TPSA) is 82.3 Å². The average Bonchev–Trinajstić information content (AvgIpc) is 2.45. The van der Waals surface area contributed by atoms with Crippen LogP contribution in [-0.2, 0) is 0 Å². The van der Waals surface area contributed by atoms with Crippen molar-refractivity contribution in [3.8, 4) is 11.5 Å². The summed E-state index contributed by atoms with van der Waals surface area (Å²) in [5, 5.41) is 3.51. The SMILES string of the molecule is COc1ccc([C@H](C)Nc2cc(Cl)nc(N)n2)cc1OC. The standard InChI is InChI=1S/C14H17ClN4O2/c1-8(17-13-7-12(15)18-14(16)19-13)9-4-5-10(20-2)11(6-9)21-3/h4-8H,1-3H3,(H3,16,17,18,19)/t8-/m0/s1. The van der Waals surface area contributed by atoms with Crippen LogP contribution in [0.25, 0.3) is 0 Å². The molecule has 0 radical (unpaired) electrons. The maximum absolute atomic E-state index is 5.86. The number of halogens is 1. The van der Waals surface area contributed by atoms with Crippen molar-refractivity contribution in [1.29, 1.82) is 0 Å². The molecule has 6 nitrogen and oxygen atoms in total. The van der Waals surface area contributed by atoms with Crippen LogP contribution in [0.2, 0.25) is 5.15 Å². The van der Waals surface area contributed by atoms with Crippen molar-refractivity contribution in [1.82, 2.24) is 9.97 Å². The van der Waals surface area contributed by atoms with Crippen LogP contribution in [-0.4, -0.2) is 24.2 Å². The van der Waals surface area contributed by atoms with Gasteiger partial charge in [0, 0.05) is 6.07 Å². The fraction of sp³-hybridized carbons (Fsp3) is 0.286. The first-order chi connectivity index (χ1) is 10.0. The first-order valence-corrected chi connectivity index (χ1v) is 6.69. The van der Waals surface area contributed by atoms with E-state index in [2.05, 4.69) is 15.3 Å². The van der Waals surface area contributed by atoms with Gasteiger partial charge in [-0.15, -0.1) is 0 Å². The Morgan fingerprint density at radius 2 is 1.86 bits per heavy atom. The average molecular weight is 309 g/mol. The first kappa shape index (κ1) is 15.2. The number of methoxy groups -OCH3 is 2. The van der Waals surface area contributed by atoms with Crippen LogP contribution in [0.5, 0.6) is 11.5 Å². The van der Waals surface area contributed by atoms with Crippen molar-refractivity contribution in [2.45, 2.75) is 13.0 Å². The number of nitrogens with one attached hydrogen (secondary N) is 1. The molecule has 3 N–H and O–H groups in total. The van der Waals surface area contributed by atoms with Crippen LogP contribution in [0.1, 0.15) is 18.5 Å². The highest BCUT2D eigenvalue weighted by molar-refractivity contribution is 6.29. The Bertz CT molecular complexity index is 616. The van der Waals surface area contributed by atoms with Crippen molar-refractivity contribution in [2.24, 2.45) is 0 Å². The molecule has 2 aromatic rings. The number of rotatable bonds is 5. The van der Waals surface area contributed by atoms with Crippen LogP contribution in [0.4, 0.5) is 11.8 Å². The lowest BCUT2D eigenvalue weighted by molar-refractivity contribution is 0.354. The van der Waals surface area contributed by atoms with Crippen LogP contribution >= 0.6 is 11.6 Å². The molecule has 112 valence electrons. The van der Waals surface area contributed by atoms with Gasteiger partial charge in [0.15, 0.2) is 11.5 Å². The van der Waals surface area contributed by atoms with Crippen LogP contribution in [0.3, 0.4) is 0 Å². The summed E-state index contributed by atoms with van der Waals surface area (Å²) < 4.78 is 10.5. The molecule has 1 aromatic heterocycles. The molecule has 1 aromatic carbocycles. The highest BCUT2D eigenvalue weighted by Gasteiger charge is 2.11. The molecule has 7 heteroatoms. The largest absolute Gasteiger partial charge is 0.493 e. The zero-order valence-corrected chi connectivity index (χ0v) is 12.8. The molecule has 2 rings (SSSR count). The fourth-order valence-corrected chi connectivity index (χ4v) is 2.13. The highest BCUT2D eigenvalue weighted by Crippen LogP contribution is 2.31. The minimum atomic E-state index is -0.0184. The third kappa shape index (κ3) is 3.66. The van der Waals surface area contributed by atoms with Crippen molar-refractivity contribution in [2.75, 3.05) is 25.3 Å². The maximum atomic E-state index is 5.86. The molecule has 0 amide bonds. The molecule has 0 aliphatic carbocycles. The Morgan fingerprint density at radius 3 is 2.48 bits per heavy atom. The smallest absolute Gasteiger partial charge is 0.223 e. The molecule has 0 aliphatic rings. The van der Waals surface area contributed by atoms with Gasteiger partial charge in [-0.1, -0.05) is 17.7 Å². The van der Waals surface area contributed by atoms with E-state index in [1.807, 2.05) is 25.1 Å². The fourth-order valence-electron chi connectivity index (χ4n) is 1.94. The Morgan fingerprint density at radius 1 is 1.14 bits per heavy atom. The minimum absolute atomic E-state index is 0.0184. The van der Waals surface area contributed by atoms with Crippen molar-refractivity contribution < 1.29 is 9.47 Å². The lowest BCUT2D eigenvalue weighted by Gasteiger charge is -2.17. The molecular weight excluding hydrogens is 292 g/mol. The van der Waals surface area contributed by atoms with Crippen molar-refractivity contribution in [3.05, 3.63) is 35.0 Å². The molecule has 21 heavy (non-hydrogen) atoms. The molecular formula is C14H17ClN4O2. The quantitative estimate of drug-likeness (QED) is 0.826. The van der Waals surface area contributed by atoms with E-state index in [0.29, 0.717) is 22.5 Å². The molecule has 0 fully saturated rings. The van der Waals surface area contributed by atoms with E-state index in [0.717, 1.165) is 5.56 Å². The lowest BCUT2D eigenvalue weighted by atomic mass is 10.1. The van der Waals surface area contributed by atoms with Gasteiger partial charge in [-0.3, -0.25) is 0 Å². The summed E-state index contributed by atoms with van der Waals surface area (Å²) in [6.45, 7) is 1.99. The van der Waals surface area contributed by atoms with E-state index in [1.165, 1.54) is 0 Å². The van der Waals surface area contributed by atoms with E-state index in [1.54, 1.807) is 20.3 Å². The van der Waals surface area contributed by atoms with Gasteiger partial charge >= 0.3 is 0 Å². The second-order valence-corrected chi connectivity index (χ2v) is 4.80. The number of hydrogen-bond donors (Lipinski definition) is 2. The molecule has 0 spiro atoms. The summed E-state index contributed by atoms with van der Waals surface area (Å²) in [5.41, 5.74) is 6.59. The van der Waals surface area contributed by atoms with Crippen molar-refractivity contribution >= 4 is 23.4 Å². The number of nitrogen functional groups attached to an aromatic ring is 1. The van der Waals surface area contributed by atoms with E-state index in [4.69, 9.17) is 26.8 Å². The summed E-state index contributed by atoms with van der Waals surface area (Å²) in [6, 6.07) is 7.31. The number of ether oxygens (including phenoxy) is 2. The predicted octanol–water partition coefficient (Wildman–Crippen LogP) is 2.90.